The second-order valence-electron chi connectivity index (χ2n) is 7.11. The average Bonchev–Trinajstić information content (AvgIpc) is 3.10. The molecule has 1 atom stereocenters. The Hall–Kier alpha value is -2.63. The number of hydrogen-bond donors (Lipinski definition) is 1. The monoisotopic (exact) mass is 369 g/mol. The van der Waals surface area contributed by atoms with Crippen LogP contribution < -0.4 is 5.32 Å². The molecule has 0 radical (unpaired) electrons. The zero-order valence-corrected chi connectivity index (χ0v) is 15.9. The first-order chi connectivity index (χ1) is 13.1. The van der Waals surface area contributed by atoms with E-state index < -0.39 is 5.97 Å². The van der Waals surface area contributed by atoms with E-state index in [4.69, 9.17) is 4.74 Å². The normalized spacial score (nSPS) is 17.1. The lowest BCUT2D eigenvalue weighted by Gasteiger charge is -2.23. The number of rotatable bonds is 7. The van der Waals surface area contributed by atoms with Crippen LogP contribution in [0.3, 0.4) is 0 Å². The van der Waals surface area contributed by atoms with Crippen LogP contribution in [0.5, 0.6) is 0 Å². The van der Waals surface area contributed by atoms with Gasteiger partial charge in [-0.3, -0.25) is 4.79 Å². The third-order valence-electron chi connectivity index (χ3n) is 5.03. The van der Waals surface area contributed by atoms with Crippen LogP contribution >= 0.6 is 0 Å². The van der Waals surface area contributed by atoms with E-state index in [0.717, 1.165) is 25.7 Å². The minimum absolute atomic E-state index is 0.149. The molecule has 3 rings (SSSR count). The van der Waals surface area contributed by atoms with E-state index in [1.165, 1.54) is 22.9 Å². The van der Waals surface area contributed by atoms with Gasteiger partial charge in [0, 0.05) is 12.7 Å². The summed E-state index contributed by atoms with van der Waals surface area (Å²) < 4.78 is 6.52. The molecule has 1 amide bonds. The molecule has 144 valence electrons. The highest BCUT2D eigenvalue weighted by Crippen LogP contribution is 2.30. The fraction of sp³-hybridized carbons (Fsp3) is 0.476. The van der Waals surface area contributed by atoms with Crippen LogP contribution in [0.4, 0.5) is 0 Å². The van der Waals surface area contributed by atoms with Crippen LogP contribution in [-0.2, 0) is 4.74 Å². The third-order valence-corrected chi connectivity index (χ3v) is 5.03. The molecular weight excluding hydrogens is 342 g/mol. The smallest absolute Gasteiger partial charge is 0.358 e. The van der Waals surface area contributed by atoms with Crippen LogP contribution in [-0.4, -0.2) is 34.6 Å². The fourth-order valence-electron chi connectivity index (χ4n) is 3.70. The van der Waals surface area contributed by atoms with Gasteiger partial charge in [0.1, 0.15) is 0 Å². The summed E-state index contributed by atoms with van der Waals surface area (Å²) in [6, 6.07) is 5.09. The van der Waals surface area contributed by atoms with Gasteiger partial charge in [-0.2, -0.15) is 5.10 Å². The molecule has 6 nitrogen and oxygen atoms in total. The molecule has 1 N–H and O–H groups in total. The third kappa shape index (κ3) is 4.76. The lowest BCUT2D eigenvalue weighted by Crippen LogP contribution is -2.25. The summed E-state index contributed by atoms with van der Waals surface area (Å²) in [6.07, 6.45) is 8.57. The molecule has 0 aromatic carbocycles. The van der Waals surface area contributed by atoms with Gasteiger partial charge in [0.15, 0.2) is 5.69 Å². The van der Waals surface area contributed by atoms with Crippen molar-refractivity contribution in [1.29, 1.82) is 0 Å². The number of allylic oxidation sites excluding steroid dienone is 1. The molecule has 1 fully saturated rings. The molecule has 1 aliphatic carbocycles. The molecule has 2 aromatic rings. The number of amides is 1. The number of esters is 1. The number of ether oxygens (including phenoxy) is 1. The number of aromatic nitrogens is 2. The molecule has 27 heavy (non-hydrogen) atoms. The molecule has 2 aromatic heterocycles. The molecule has 1 saturated carbocycles. The van der Waals surface area contributed by atoms with Gasteiger partial charge >= 0.3 is 5.97 Å². The van der Waals surface area contributed by atoms with E-state index >= 15 is 0 Å². The van der Waals surface area contributed by atoms with Crippen LogP contribution in [0.2, 0.25) is 0 Å². The highest BCUT2D eigenvalue weighted by molar-refractivity contribution is 6.01. The number of nitrogens with zero attached hydrogens (tertiary/aromatic N) is 2. The molecule has 2 heterocycles. The predicted octanol–water partition coefficient (Wildman–Crippen LogP) is 3.77. The van der Waals surface area contributed by atoms with Crippen molar-refractivity contribution in [3.8, 4) is 0 Å². The summed E-state index contributed by atoms with van der Waals surface area (Å²) in [5.41, 5.74) is 2.67. The minimum Gasteiger partial charge on any atom is -0.461 e. The molecule has 0 saturated heterocycles. The Morgan fingerprint density at radius 3 is 3.07 bits per heavy atom. The number of pyridine rings is 1. The van der Waals surface area contributed by atoms with Crippen LogP contribution in [0.15, 0.2) is 36.5 Å². The summed E-state index contributed by atoms with van der Waals surface area (Å²) in [4.78, 5) is 24.5. The van der Waals surface area contributed by atoms with Crippen molar-refractivity contribution >= 4 is 17.4 Å². The number of carbonyl (C=O) groups is 2. The van der Waals surface area contributed by atoms with E-state index in [1.807, 2.05) is 0 Å². The highest BCUT2D eigenvalue weighted by atomic mass is 16.5. The topological polar surface area (TPSA) is 72.7 Å². The molecule has 0 bridgehead atoms. The van der Waals surface area contributed by atoms with Crippen molar-refractivity contribution in [2.45, 2.75) is 45.4 Å². The van der Waals surface area contributed by atoms with Crippen LogP contribution in [0.1, 0.15) is 66.3 Å². The maximum atomic E-state index is 12.6. The van der Waals surface area contributed by atoms with Crippen molar-refractivity contribution < 1.29 is 14.3 Å². The Morgan fingerprint density at radius 2 is 2.30 bits per heavy atom. The van der Waals surface area contributed by atoms with Gasteiger partial charge in [-0.05, 0) is 69.6 Å². The molecule has 0 aliphatic heterocycles. The van der Waals surface area contributed by atoms with Crippen molar-refractivity contribution in [3.05, 3.63) is 47.8 Å². The lowest BCUT2D eigenvalue weighted by molar-refractivity contribution is 0.0519. The average molecular weight is 369 g/mol. The van der Waals surface area contributed by atoms with Gasteiger partial charge in [-0.15, -0.1) is 0 Å². The standard InChI is InChI=1S/C21H27N3O3/c1-3-27-21(26)18-14-19-17(10-6-12-24(19)23-18)20(25)22-11-5-9-16-8-4-7-15(2)13-16/h6,10,12,14,16H,2-5,7-9,11,13H2,1H3,(H,22,25). The van der Waals surface area contributed by atoms with E-state index in [-0.39, 0.29) is 18.2 Å². The summed E-state index contributed by atoms with van der Waals surface area (Å²) >= 11 is 0. The molecule has 1 aliphatic rings. The van der Waals surface area contributed by atoms with Gasteiger partial charge in [0.2, 0.25) is 0 Å². The Labute approximate surface area is 159 Å². The van der Waals surface area contributed by atoms with E-state index in [2.05, 4.69) is 17.0 Å². The lowest BCUT2D eigenvalue weighted by atomic mass is 9.83. The maximum Gasteiger partial charge on any atom is 0.358 e. The molecule has 6 heteroatoms. The number of carbonyl (C=O) groups excluding carboxylic acids is 2. The number of fused-ring (bicyclic) bond motifs is 1. The van der Waals surface area contributed by atoms with Crippen molar-refractivity contribution in [3.63, 3.8) is 0 Å². The van der Waals surface area contributed by atoms with Gasteiger partial charge in [-0.1, -0.05) is 12.2 Å². The van der Waals surface area contributed by atoms with Gasteiger partial charge < -0.3 is 10.1 Å². The molecular formula is C21H27N3O3. The van der Waals surface area contributed by atoms with Gasteiger partial charge in [0.25, 0.3) is 5.91 Å². The Morgan fingerprint density at radius 1 is 1.44 bits per heavy atom. The summed E-state index contributed by atoms with van der Waals surface area (Å²) in [5.74, 6) is 0.0686. The zero-order chi connectivity index (χ0) is 19.2. The first-order valence-corrected chi connectivity index (χ1v) is 9.69. The van der Waals surface area contributed by atoms with Crippen molar-refractivity contribution in [2.24, 2.45) is 5.92 Å². The zero-order valence-electron chi connectivity index (χ0n) is 15.9. The van der Waals surface area contributed by atoms with Gasteiger partial charge in [0.05, 0.1) is 17.7 Å². The van der Waals surface area contributed by atoms with E-state index in [1.54, 1.807) is 31.3 Å². The van der Waals surface area contributed by atoms with E-state index in [9.17, 15) is 9.59 Å². The molecule has 0 spiro atoms. The molecule has 1 unspecified atom stereocenters. The maximum absolute atomic E-state index is 12.6. The Bertz CT molecular complexity index is 840. The largest absolute Gasteiger partial charge is 0.461 e. The van der Waals surface area contributed by atoms with Gasteiger partial charge in [-0.25, -0.2) is 9.31 Å². The Kier molecular flexibility index (Phi) is 6.27. The number of hydrogen-bond acceptors (Lipinski definition) is 4. The second-order valence-corrected chi connectivity index (χ2v) is 7.11. The predicted molar refractivity (Wildman–Crippen MR) is 104 cm³/mol. The SMILES string of the molecule is C=C1CCCC(CCCNC(=O)c2cccn3nc(C(=O)OCC)cc23)C1. The van der Waals surface area contributed by atoms with Crippen LogP contribution in [0.25, 0.3) is 5.52 Å². The number of nitrogens with one attached hydrogen (secondary N) is 1. The second kappa shape index (κ2) is 8.84. The highest BCUT2D eigenvalue weighted by Gasteiger charge is 2.18. The van der Waals surface area contributed by atoms with Crippen molar-refractivity contribution in [2.75, 3.05) is 13.2 Å². The quantitative estimate of drug-likeness (QED) is 0.458. The first kappa shape index (κ1) is 19.1. The van der Waals surface area contributed by atoms with Crippen molar-refractivity contribution in [1.82, 2.24) is 14.9 Å². The minimum atomic E-state index is -0.485. The first-order valence-electron chi connectivity index (χ1n) is 9.69. The van der Waals surface area contributed by atoms with Crippen LogP contribution in [0, 0.1) is 5.92 Å². The summed E-state index contributed by atoms with van der Waals surface area (Å²) in [7, 11) is 0. The Balaban J connectivity index is 1.58. The summed E-state index contributed by atoms with van der Waals surface area (Å²) in [5, 5.41) is 7.18. The fourth-order valence-corrected chi connectivity index (χ4v) is 3.70. The summed E-state index contributed by atoms with van der Waals surface area (Å²) in [6.45, 7) is 6.78. The van der Waals surface area contributed by atoms with E-state index in [0.29, 0.717) is 23.5 Å².